The van der Waals surface area contributed by atoms with E-state index >= 15 is 0 Å². The van der Waals surface area contributed by atoms with Gasteiger partial charge in [-0.15, -0.1) is 0 Å². The zero-order valence-corrected chi connectivity index (χ0v) is 14.2. The van der Waals surface area contributed by atoms with E-state index in [0.717, 1.165) is 10.0 Å². The molecule has 0 saturated heterocycles. The SMILES string of the molecule is CC(N/C=C(/C#N)C(=O)Nc1ccc(Br)cc1)c1ccccc1. The molecule has 0 spiro atoms. The van der Waals surface area contributed by atoms with E-state index in [1.807, 2.05) is 55.5 Å². The molecule has 4 nitrogen and oxygen atoms in total. The minimum Gasteiger partial charge on any atom is -0.383 e. The predicted octanol–water partition coefficient (Wildman–Crippen LogP) is 4.15. The molecule has 0 saturated carbocycles. The first-order chi connectivity index (χ1) is 11.1. The molecule has 0 bridgehead atoms. The molecule has 0 radical (unpaired) electrons. The van der Waals surface area contributed by atoms with E-state index in [9.17, 15) is 10.1 Å². The van der Waals surface area contributed by atoms with Crippen LogP contribution in [0.25, 0.3) is 0 Å². The van der Waals surface area contributed by atoms with Gasteiger partial charge in [0.05, 0.1) is 0 Å². The van der Waals surface area contributed by atoms with Crippen molar-refractivity contribution in [2.75, 3.05) is 5.32 Å². The highest BCUT2D eigenvalue weighted by Gasteiger charge is 2.10. The quantitative estimate of drug-likeness (QED) is 0.614. The summed E-state index contributed by atoms with van der Waals surface area (Å²) in [7, 11) is 0. The summed E-state index contributed by atoms with van der Waals surface area (Å²) in [6, 6.07) is 18.9. The fourth-order valence-electron chi connectivity index (χ4n) is 1.93. The average Bonchev–Trinajstić information content (AvgIpc) is 2.58. The molecule has 23 heavy (non-hydrogen) atoms. The van der Waals surface area contributed by atoms with Crippen molar-refractivity contribution in [1.82, 2.24) is 5.32 Å². The Morgan fingerprint density at radius 1 is 1.17 bits per heavy atom. The summed E-state index contributed by atoms with van der Waals surface area (Å²) >= 11 is 3.33. The van der Waals surface area contributed by atoms with Crippen LogP contribution in [0.2, 0.25) is 0 Å². The van der Waals surface area contributed by atoms with Gasteiger partial charge in [-0.2, -0.15) is 5.26 Å². The van der Waals surface area contributed by atoms with Crippen LogP contribution in [0, 0.1) is 11.3 Å². The number of benzene rings is 2. The van der Waals surface area contributed by atoms with Crippen LogP contribution < -0.4 is 10.6 Å². The lowest BCUT2D eigenvalue weighted by molar-refractivity contribution is -0.112. The lowest BCUT2D eigenvalue weighted by atomic mass is 10.1. The van der Waals surface area contributed by atoms with Gasteiger partial charge >= 0.3 is 0 Å². The average molecular weight is 370 g/mol. The van der Waals surface area contributed by atoms with E-state index in [4.69, 9.17) is 0 Å². The Labute approximate surface area is 144 Å². The van der Waals surface area contributed by atoms with Crippen LogP contribution >= 0.6 is 15.9 Å². The Balaban J connectivity index is 2.02. The Kier molecular flexibility index (Phi) is 5.95. The summed E-state index contributed by atoms with van der Waals surface area (Å²) in [6.45, 7) is 1.97. The maximum atomic E-state index is 12.1. The third-order valence-electron chi connectivity index (χ3n) is 3.24. The normalized spacial score (nSPS) is 12.1. The number of amides is 1. The van der Waals surface area contributed by atoms with Crippen molar-refractivity contribution >= 4 is 27.5 Å². The summed E-state index contributed by atoms with van der Waals surface area (Å²) in [5.74, 6) is -0.442. The van der Waals surface area contributed by atoms with Gasteiger partial charge in [0.15, 0.2) is 0 Å². The van der Waals surface area contributed by atoms with Gasteiger partial charge in [0.1, 0.15) is 11.6 Å². The van der Waals surface area contributed by atoms with Crippen LogP contribution in [-0.2, 0) is 4.79 Å². The van der Waals surface area contributed by atoms with Crippen molar-refractivity contribution in [3.8, 4) is 6.07 Å². The minimum absolute atomic E-state index is 0.0000284. The van der Waals surface area contributed by atoms with Gasteiger partial charge in [-0.1, -0.05) is 46.3 Å². The standard InChI is InChI=1S/C18H16BrN3O/c1-13(14-5-3-2-4-6-14)21-12-15(11-20)18(23)22-17-9-7-16(19)8-10-17/h2-10,12-13,21H,1H3,(H,22,23)/b15-12-. The Bertz CT molecular complexity index is 733. The molecule has 0 fully saturated rings. The maximum Gasteiger partial charge on any atom is 0.267 e. The number of nitrogens with one attached hydrogen (secondary N) is 2. The number of rotatable bonds is 5. The first-order valence-corrected chi connectivity index (χ1v) is 7.87. The third-order valence-corrected chi connectivity index (χ3v) is 3.77. The van der Waals surface area contributed by atoms with Crippen LogP contribution in [0.5, 0.6) is 0 Å². The number of carbonyl (C=O) groups excluding carboxylic acids is 1. The van der Waals surface area contributed by atoms with Gasteiger partial charge in [-0.05, 0) is 36.8 Å². The van der Waals surface area contributed by atoms with Gasteiger partial charge in [-0.25, -0.2) is 0 Å². The second kappa shape index (κ2) is 8.16. The molecule has 1 atom stereocenters. The molecule has 2 rings (SSSR count). The summed E-state index contributed by atoms with van der Waals surface area (Å²) in [6.07, 6.45) is 1.45. The molecule has 116 valence electrons. The number of hydrogen-bond acceptors (Lipinski definition) is 3. The van der Waals surface area contributed by atoms with Crippen LogP contribution in [-0.4, -0.2) is 5.91 Å². The van der Waals surface area contributed by atoms with Crippen molar-refractivity contribution in [1.29, 1.82) is 5.26 Å². The van der Waals surface area contributed by atoms with Crippen molar-refractivity contribution in [3.05, 3.63) is 76.4 Å². The fourth-order valence-corrected chi connectivity index (χ4v) is 2.19. The lowest BCUT2D eigenvalue weighted by Gasteiger charge is -2.12. The largest absolute Gasteiger partial charge is 0.383 e. The summed E-state index contributed by atoms with van der Waals surface area (Å²) in [4.78, 5) is 12.1. The van der Waals surface area contributed by atoms with E-state index in [0.29, 0.717) is 5.69 Å². The van der Waals surface area contributed by atoms with Crippen molar-refractivity contribution in [2.24, 2.45) is 0 Å². The van der Waals surface area contributed by atoms with E-state index in [1.54, 1.807) is 12.1 Å². The zero-order chi connectivity index (χ0) is 16.7. The second-order valence-electron chi connectivity index (χ2n) is 4.93. The molecule has 0 aliphatic carbocycles. The molecular weight excluding hydrogens is 354 g/mol. The van der Waals surface area contributed by atoms with Gasteiger partial charge in [0.25, 0.3) is 5.91 Å². The Hall–Kier alpha value is -2.58. The molecule has 2 N–H and O–H groups in total. The van der Waals surface area contributed by atoms with E-state index in [-0.39, 0.29) is 11.6 Å². The molecule has 0 aromatic heterocycles. The number of nitriles is 1. The van der Waals surface area contributed by atoms with Gasteiger partial charge in [0, 0.05) is 22.4 Å². The first kappa shape index (κ1) is 16.8. The third kappa shape index (κ3) is 4.97. The van der Waals surface area contributed by atoms with Crippen LogP contribution in [0.1, 0.15) is 18.5 Å². The summed E-state index contributed by atoms with van der Waals surface area (Å²) in [5, 5.41) is 14.9. The lowest BCUT2D eigenvalue weighted by Crippen LogP contribution is -2.18. The summed E-state index contributed by atoms with van der Waals surface area (Å²) < 4.78 is 0.921. The fraction of sp³-hybridized carbons (Fsp3) is 0.111. The molecule has 0 aliphatic rings. The van der Waals surface area contributed by atoms with Crippen LogP contribution in [0.15, 0.2) is 70.8 Å². The Morgan fingerprint density at radius 3 is 2.43 bits per heavy atom. The number of nitrogens with zero attached hydrogens (tertiary/aromatic N) is 1. The van der Waals surface area contributed by atoms with Crippen molar-refractivity contribution in [2.45, 2.75) is 13.0 Å². The van der Waals surface area contributed by atoms with E-state index < -0.39 is 5.91 Å². The molecule has 2 aromatic carbocycles. The summed E-state index contributed by atoms with van der Waals surface area (Å²) in [5.41, 5.74) is 1.74. The first-order valence-electron chi connectivity index (χ1n) is 7.08. The smallest absolute Gasteiger partial charge is 0.267 e. The minimum atomic E-state index is -0.442. The van der Waals surface area contributed by atoms with E-state index in [1.165, 1.54) is 6.20 Å². The van der Waals surface area contributed by atoms with E-state index in [2.05, 4.69) is 26.6 Å². The molecule has 2 aromatic rings. The van der Waals surface area contributed by atoms with Crippen LogP contribution in [0.3, 0.4) is 0 Å². The van der Waals surface area contributed by atoms with Gasteiger partial charge in [-0.3, -0.25) is 4.79 Å². The number of hydrogen-bond donors (Lipinski definition) is 2. The van der Waals surface area contributed by atoms with Crippen LogP contribution in [0.4, 0.5) is 5.69 Å². The van der Waals surface area contributed by atoms with Crippen molar-refractivity contribution in [3.63, 3.8) is 0 Å². The number of carbonyl (C=O) groups is 1. The molecule has 0 heterocycles. The monoisotopic (exact) mass is 369 g/mol. The highest BCUT2D eigenvalue weighted by molar-refractivity contribution is 9.10. The topological polar surface area (TPSA) is 64.9 Å². The highest BCUT2D eigenvalue weighted by Crippen LogP contribution is 2.15. The Morgan fingerprint density at radius 2 is 1.83 bits per heavy atom. The maximum absolute atomic E-state index is 12.1. The second-order valence-corrected chi connectivity index (χ2v) is 5.85. The molecule has 5 heteroatoms. The van der Waals surface area contributed by atoms with Gasteiger partial charge in [0.2, 0.25) is 0 Å². The predicted molar refractivity (Wildman–Crippen MR) is 94.5 cm³/mol. The zero-order valence-electron chi connectivity index (χ0n) is 12.6. The number of anilines is 1. The molecule has 0 aliphatic heterocycles. The van der Waals surface area contributed by atoms with Gasteiger partial charge < -0.3 is 10.6 Å². The highest BCUT2D eigenvalue weighted by atomic mass is 79.9. The number of halogens is 1. The molecule has 1 unspecified atom stereocenters. The molecular formula is C18H16BrN3O. The molecule has 1 amide bonds. The van der Waals surface area contributed by atoms with Crippen molar-refractivity contribution < 1.29 is 4.79 Å².